The Labute approximate surface area is 174 Å². The Hall–Kier alpha value is -2.92. The number of carbonyl (C=O) groups excluding carboxylic acids is 3. The van der Waals surface area contributed by atoms with Gasteiger partial charge in [-0.25, -0.2) is 4.90 Å². The highest BCUT2D eigenvalue weighted by molar-refractivity contribution is 6.31. The summed E-state index contributed by atoms with van der Waals surface area (Å²) in [6.45, 7) is 3.84. The molecule has 1 N–H and O–H groups in total. The van der Waals surface area contributed by atoms with Crippen LogP contribution in [0.4, 0.5) is 11.4 Å². The molecule has 2 atom stereocenters. The van der Waals surface area contributed by atoms with Crippen molar-refractivity contribution in [3.05, 3.63) is 70.3 Å². The van der Waals surface area contributed by atoms with E-state index in [2.05, 4.69) is 5.32 Å². The van der Waals surface area contributed by atoms with Crippen LogP contribution in [0.25, 0.3) is 0 Å². The van der Waals surface area contributed by atoms with Gasteiger partial charge in [0, 0.05) is 10.7 Å². The molecule has 2 aromatic rings. The van der Waals surface area contributed by atoms with Gasteiger partial charge in [-0.05, 0) is 56.5 Å². The average Bonchev–Trinajstić information content (AvgIpc) is 2.94. The smallest absolute Gasteiger partial charge is 0.257 e. The Morgan fingerprint density at radius 3 is 2.59 bits per heavy atom. The monoisotopic (exact) mass is 408 g/mol. The zero-order chi connectivity index (χ0) is 20.7. The van der Waals surface area contributed by atoms with E-state index < -0.39 is 5.91 Å². The third-order valence-electron chi connectivity index (χ3n) is 5.66. The fraction of sp³-hybridized carbons (Fsp3) is 0.261. The number of nitrogens with zero attached hydrogens (tertiary/aromatic N) is 1. The van der Waals surface area contributed by atoms with Gasteiger partial charge in [0.25, 0.3) is 5.91 Å². The molecule has 1 fully saturated rings. The fourth-order valence-corrected chi connectivity index (χ4v) is 4.23. The van der Waals surface area contributed by atoms with Crippen LogP contribution in [-0.2, 0) is 9.59 Å². The zero-order valence-electron chi connectivity index (χ0n) is 16.2. The maximum absolute atomic E-state index is 13.1. The van der Waals surface area contributed by atoms with Crippen molar-refractivity contribution in [1.82, 2.24) is 0 Å². The van der Waals surface area contributed by atoms with E-state index in [-0.39, 0.29) is 29.2 Å². The van der Waals surface area contributed by atoms with E-state index in [1.807, 2.05) is 26.0 Å². The zero-order valence-corrected chi connectivity index (χ0v) is 17.0. The highest BCUT2D eigenvalue weighted by atomic mass is 35.5. The summed E-state index contributed by atoms with van der Waals surface area (Å²) in [5, 5.41) is 3.36. The van der Waals surface area contributed by atoms with Crippen LogP contribution in [0, 0.1) is 18.8 Å². The van der Waals surface area contributed by atoms with E-state index >= 15 is 0 Å². The lowest BCUT2D eigenvalue weighted by Crippen LogP contribution is -2.33. The predicted molar refractivity (Wildman–Crippen MR) is 113 cm³/mol. The Kier molecular flexibility index (Phi) is 5.01. The summed E-state index contributed by atoms with van der Waals surface area (Å²) in [5.41, 5.74) is 3.17. The van der Waals surface area contributed by atoms with Crippen molar-refractivity contribution < 1.29 is 14.4 Å². The van der Waals surface area contributed by atoms with Crippen LogP contribution in [0.1, 0.15) is 35.7 Å². The lowest BCUT2D eigenvalue weighted by Gasteiger charge is -2.19. The molecule has 2 aliphatic rings. The van der Waals surface area contributed by atoms with E-state index in [0.717, 1.165) is 11.1 Å². The molecule has 0 unspecified atom stereocenters. The molecule has 1 heterocycles. The fourth-order valence-electron chi connectivity index (χ4n) is 4.05. The molecule has 0 bridgehead atoms. The van der Waals surface area contributed by atoms with Gasteiger partial charge < -0.3 is 5.32 Å². The van der Waals surface area contributed by atoms with Crippen LogP contribution in [0.5, 0.6) is 0 Å². The molecule has 1 aliphatic heterocycles. The van der Waals surface area contributed by atoms with E-state index in [1.165, 1.54) is 4.90 Å². The predicted octanol–water partition coefficient (Wildman–Crippen LogP) is 4.75. The van der Waals surface area contributed by atoms with Crippen molar-refractivity contribution in [3.8, 4) is 0 Å². The molecule has 0 saturated carbocycles. The number of carbonyl (C=O) groups is 3. The van der Waals surface area contributed by atoms with E-state index in [1.54, 1.807) is 36.4 Å². The highest BCUT2D eigenvalue weighted by Gasteiger charge is 2.49. The number of halogens is 1. The maximum Gasteiger partial charge on any atom is 0.257 e. The van der Waals surface area contributed by atoms with E-state index in [4.69, 9.17) is 11.6 Å². The van der Waals surface area contributed by atoms with Gasteiger partial charge in [0.1, 0.15) is 0 Å². The van der Waals surface area contributed by atoms with Crippen LogP contribution in [-0.4, -0.2) is 17.7 Å². The molecule has 4 rings (SSSR count). The van der Waals surface area contributed by atoms with Gasteiger partial charge >= 0.3 is 0 Å². The Balaban J connectivity index is 1.67. The SMILES string of the molecule is CC1=CC[C@H]2C(=O)N(c3ccccc3C(=O)Nc3cc(Cl)ccc3C)C(=O)[C@@H]2C1. The molecule has 2 aromatic carbocycles. The summed E-state index contributed by atoms with van der Waals surface area (Å²) in [6, 6.07) is 11.9. The number of fused-ring (bicyclic) bond motifs is 1. The highest BCUT2D eigenvalue weighted by Crippen LogP contribution is 2.40. The van der Waals surface area contributed by atoms with Crippen LogP contribution >= 0.6 is 11.6 Å². The Morgan fingerprint density at radius 1 is 1.07 bits per heavy atom. The van der Waals surface area contributed by atoms with Crippen LogP contribution < -0.4 is 10.2 Å². The molecule has 1 aliphatic carbocycles. The van der Waals surface area contributed by atoms with Gasteiger partial charge in [0.15, 0.2) is 0 Å². The first-order valence-corrected chi connectivity index (χ1v) is 9.94. The summed E-state index contributed by atoms with van der Waals surface area (Å²) in [5.74, 6) is -1.55. The largest absolute Gasteiger partial charge is 0.322 e. The number of hydrogen-bond acceptors (Lipinski definition) is 3. The molecule has 0 spiro atoms. The third kappa shape index (κ3) is 3.47. The third-order valence-corrected chi connectivity index (χ3v) is 5.90. The Morgan fingerprint density at radius 2 is 1.79 bits per heavy atom. The maximum atomic E-state index is 13.1. The quantitative estimate of drug-likeness (QED) is 0.588. The van der Waals surface area contributed by atoms with Crippen molar-refractivity contribution in [2.75, 3.05) is 10.2 Å². The standard InChI is InChI=1S/C23H21ClN2O3/c1-13-7-10-16-18(11-13)23(29)26(22(16)28)20-6-4-3-5-17(20)21(27)25-19-12-15(24)9-8-14(19)2/h3-9,12,16,18H,10-11H2,1-2H3,(H,25,27)/t16-,18-/m1/s1. The molecule has 0 aromatic heterocycles. The molecular formula is C23H21ClN2O3. The van der Waals surface area contributed by atoms with Crippen molar-refractivity contribution in [2.24, 2.45) is 11.8 Å². The summed E-state index contributed by atoms with van der Waals surface area (Å²) in [6.07, 6.45) is 3.17. The molecular weight excluding hydrogens is 388 g/mol. The first-order valence-electron chi connectivity index (χ1n) is 9.57. The van der Waals surface area contributed by atoms with Crippen molar-refractivity contribution in [3.63, 3.8) is 0 Å². The topological polar surface area (TPSA) is 66.5 Å². The van der Waals surface area contributed by atoms with E-state index in [0.29, 0.717) is 29.2 Å². The van der Waals surface area contributed by atoms with Crippen LogP contribution in [0.3, 0.4) is 0 Å². The van der Waals surface area contributed by atoms with Crippen LogP contribution in [0.15, 0.2) is 54.1 Å². The number of hydrogen-bond donors (Lipinski definition) is 1. The number of nitrogens with one attached hydrogen (secondary N) is 1. The minimum Gasteiger partial charge on any atom is -0.322 e. The summed E-state index contributed by atoms with van der Waals surface area (Å²) in [7, 11) is 0. The van der Waals surface area contributed by atoms with Gasteiger partial charge in [-0.1, -0.05) is 41.4 Å². The minimum absolute atomic E-state index is 0.230. The first-order chi connectivity index (χ1) is 13.9. The van der Waals surface area contributed by atoms with Gasteiger partial charge in [0.05, 0.1) is 23.1 Å². The second kappa shape index (κ2) is 7.48. The van der Waals surface area contributed by atoms with Gasteiger partial charge in [-0.15, -0.1) is 0 Å². The number of imide groups is 1. The second-order valence-electron chi connectivity index (χ2n) is 7.65. The van der Waals surface area contributed by atoms with Crippen molar-refractivity contribution in [1.29, 1.82) is 0 Å². The number of allylic oxidation sites excluding steroid dienone is 2. The minimum atomic E-state index is -0.393. The normalized spacial score (nSPS) is 21.1. The number of benzene rings is 2. The lowest BCUT2D eigenvalue weighted by atomic mass is 9.82. The number of amides is 3. The summed E-state index contributed by atoms with van der Waals surface area (Å²) < 4.78 is 0. The molecule has 6 heteroatoms. The van der Waals surface area contributed by atoms with Crippen molar-refractivity contribution in [2.45, 2.75) is 26.7 Å². The molecule has 5 nitrogen and oxygen atoms in total. The average molecular weight is 409 g/mol. The van der Waals surface area contributed by atoms with Gasteiger partial charge in [0.2, 0.25) is 11.8 Å². The van der Waals surface area contributed by atoms with Gasteiger partial charge in [-0.3, -0.25) is 14.4 Å². The number of para-hydroxylation sites is 1. The van der Waals surface area contributed by atoms with Crippen LogP contribution in [0.2, 0.25) is 5.02 Å². The molecule has 1 saturated heterocycles. The summed E-state index contributed by atoms with van der Waals surface area (Å²) >= 11 is 6.05. The second-order valence-corrected chi connectivity index (χ2v) is 8.08. The number of aryl methyl sites for hydroxylation is 1. The molecule has 148 valence electrons. The Bertz CT molecular complexity index is 1060. The molecule has 3 amide bonds. The van der Waals surface area contributed by atoms with Gasteiger partial charge in [-0.2, -0.15) is 0 Å². The van der Waals surface area contributed by atoms with E-state index in [9.17, 15) is 14.4 Å². The number of anilines is 2. The first kappa shape index (κ1) is 19.4. The number of rotatable bonds is 3. The molecule has 0 radical (unpaired) electrons. The lowest BCUT2D eigenvalue weighted by molar-refractivity contribution is -0.122. The summed E-state index contributed by atoms with van der Waals surface area (Å²) in [4.78, 5) is 40.3. The molecule has 29 heavy (non-hydrogen) atoms. The van der Waals surface area contributed by atoms with Crippen molar-refractivity contribution >= 4 is 40.7 Å².